The maximum absolute atomic E-state index is 13.3. The third-order valence-corrected chi connectivity index (χ3v) is 4.07. The van der Waals surface area contributed by atoms with Crippen LogP contribution >= 0.6 is 0 Å². The number of methoxy groups -OCH3 is 2. The molecule has 0 spiro atoms. The van der Waals surface area contributed by atoms with E-state index in [0.717, 1.165) is 7.11 Å². The summed E-state index contributed by atoms with van der Waals surface area (Å²) in [5, 5.41) is 0. The molecule has 0 aliphatic rings. The van der Waals surface area contributed by atoms with Crippen molar-refractivity contribution in [1.82, 2.24) is 0 Å². The molecule has 4 nitrogen and oxygen atoms in total. The van der Waals surface area contributed by atoms with Crippen LogP contribution in [0.3, 0.4) is 0 Å². The second-order valence-electron chi connectivity index (χ2n) is 6.25. The molecule has 0 bridgehead atoms. The minimum absolute atomic E-state index is 0.0401. The molecular weight excluding hydrogens is 480 g/mol. The smallest absolute Gasteiger partial charge is 0.417 e. The summed E-state index contributed by atoms with van der Waals surface area (Å²) in [6.45, 7) is -0.149. The van der Waals surface area contributed by atoms with E-state index < -0.39 is 58.9 Å². The SMILES string of the molecule is COc1cc(N(C(C(F)(F)F)C(F)(F)F)C(C(F)(F)F)C(F)(F)F)c(OC)cc1CCN. The first-order valence-corrected chi connectivity index (χ1v) is 8.30. The van der Waals surface area contributed by atoms with Crippen LogP contribution in [0.1, 0.15) is 5.56 Å². The summed E-state index contributed by atoms with van der Waals surface area (Å²) < 4.78 is 169. The van der Waals surface area contributed by atoms with Gasteiger partial charge >= 0.3 is 24.7 Å². The van der Waals surface area contributed by atoms with Gasteiger partial charge in [0.1, 0.15) is 11.5 Å². The average molecular weight is 496 g/mol. The summed E-state index contributed by atoms with van der Waals surface area (Å²) in [5.41, 5.74) is 3.47. The van der Waals surface area contributed by atoms with E-state index in [1.807, 2.05) is 0 Å². The number of alkyl halides is 12. The third-order valence-electron chi connectivity index (χ3n) is 4.07. The van der Waals surface area contributed by atoms with Crippen molar-refractivity contribution in [3.05, 3.63) is 17.7 Å². The Morgan fingerprint density at radius 3 is 1.38 bits per heavy atom. The highest BCUT2D eigenvalue weighted by atomic mass is 19.4. The van der Waals surface area contributed by atoms with Gasteiger partial charge in [-0.2, -0.15) is 52.7 Å². The number of anilines is 1. The number of rotatable bonds is 7. The van der Waals surface area contributed by atoms with Crippen molar-refractivity contribution in [3.63, 3.8) is 0 Å². The molecule has 186 valence electrons. The summed E-state index contributed by atoms with van der Waals surface area (Å²) in [7, 11) is 1.49. The van der Waals surface area contributed by atoms with Crippen LogP contribution in [0, 0.1) is 0 Å². The standard InChI is InChI=1S/C16H16F12N2O2/c1-31-9-6-8(10(32-2)5-7(9)3-4-29)30(11(13(17,18)19)14(20,21)22)12(15(23,24)25)16(26,27)28/h5-6,11-12H,3-4,29H2,1-2H3. The molecular formula is C16H16F12N2O2. The summed E-state index contributed by atoms with van der Waals surface area (Å²) in [6, 6.07) is -9.55. The van der Waals surface area contributed by atoms with Crippen molar-refractivity contribution in [1.29, 1.82) is 0 Å². The Hall–Kier alpha value is -2.26. The van der Waals surface area contributed by atoms with E-state index in [2.05, 4.69) is 4.74 Å². The van der Waals surface area contributed by atoms with E-state index in [1.165, 1.54) is 0 Å². The summed E-state index contributed by atoms with van der Waals surface area (Å²) in [5.74, 6) is -1.71. The first-order chi connectivity index (χ1) is 14.3. The Balaban J connectivity index is 4.13. The van der Waals surface area contributed by atoms with Gasteiger partial charge < -0.3 is 20.1 Å². The number of nitrogens with zero attached hydrogens (tertiary/aromatic N) is 1. The van der Waals surface area contributed by atoms with Gasteiger partial charge in [0.05, 0.1) is 19.9 Å². The molecule has 1 rings (SSSR count). The molecule has 0 aliphatic heterocycles. The first-order valence-electron chi connectivity index (χ1n) is 8.30. The van der Waals surface area contributed by atoms with Gasteiger partial charge in [-0.1, -0.05) is 0 Å². The monoisotopic (exact) mass is 496 g/mol. The van der Waals surface area contributed by atoms with Gasteiger partial charge in [0.15, 0.2) is 0 Å². The van der Waals surface area contributed by atoms with Gasteiger partial charge in [0, 0.05) is 6.07 Å². The van der Waals surface area contributed by atoms with E-state index in [1.54, 1.807) is 0 Å². The highest BCUT2D eigenvalue weighted by Crippen LogP contribution is 2.50. The molecule has 2 N–H and O–H groups in total. The molecule has 0 unspecified atom stereocenters. The largest absolute Gasteiger partial charge is 0.496 e. The fourth-order valence-corrected chi connectivity index (χ4v) is 2.93. The molecule has 0 fully saturated rings. The highest BCUT2D eigenvalue weighted by molar-refractivity contribution is 5.66. The minimum atomic E-state index is -6.60. The lowest BCUT2D eigenvalue weighted by molar-refractivity contribution is -0.282. The predicted octanol–water partition coefficient (Wildman–Crippen LogP) is 5.00. The summed E-state index contributed by atoms with van der Waals surface area (Å²) in [4.78, 5) is -1.84. The zero-order valence-electron chi connectivity index (χ0n) is 16.1. The predicted molar refractivity (Wildman–Crippen MR) is 86.6 cm³/mol. The van der Waals surface area contributed by atoms with Crippen LogP contribution in [0.2, 0.25) is 0 Å². The molecule has 16 heteroatoms. The van der Waals surface area contributed by atoms with Gasteiger partial charge in [-0.25, -0.2) is 0 Å². The Kier molecular flexibility index (Phi) is 8.08. The van der Waals surface area contributed by atoms with Crippen molar-refractivity contribution in [2.75, 3.05) is 25.7 Å². The van der Waals surface area contributed by atoms with Gasteiger partial charge in [0.25, 0.3) is 0 Å². The van der Waals surface area contributed by atoms with Crippen LogP contribution in [0.15, 0.2) is 12.1 Å². The molecule has 0 amide bonds. The zero-order chi connectivity index (χ0) is 25.3. The molecule has 0 heterocycles. The lowest BCUT2D eigenvalue weighted by Gasteiger charge is -2.42. The molecule has 0 radical (unpaired) electrons. The Morgan fingerprint density at radius 1 is 0.719 bits per heavy atom. The molecule has 0 atom stereocenters. The third kappa shape index (κ3) is 6.16. The number of halogens is 12. The molecule has 0 saturated heterocycles. The highest BCUT2D eigenvalue weighted by Gasteiger charge is 2.69. The van der Waals surface area contributed by atoms with E-state index in [0.29, 0.717) is 13.2 Å². The van der Waals surface area contributed by atoms with Crippen LogP contribution in [0.5, 0.6) is 11.5 Å². The quantitative estimate of drug-likeness (QED) is 0.541. The number of hydrogen-bond donors (Lipinski definition) is 1. The molecule has 1 aromatic rings. The van der Waals surface area contributed by atoms with Crippen LogP contribution < -0.4 is 20.1 Å². The van der Waals surface area contributed by atoms with Crippen LogP contribution in [0.25, 0.3) is 0 Å². The van der Waals surface area contributed by atoms with Gasteiger partial charge in [-0.3, -0.25) is 0 Å². The van der Waals surface area contributed by atoms with Crippen molar-refractivity contribution in [3.8, 4) is 11.5 Å². The lowest BCUT2D eigenvalue weighted by atomic mass is 10.0. The minimum Gasteiger partial charge on any atom is -0.496 e. The van der Waals surface area contributed by atoms with Crippen LogP contribution in [-0.2, 0) is 6.42 Å². The van der Waals surface area contributed by atoms with E-state index in [9.17, 15) is 52.7 Å². The number of hydrogen-bond acceptors (Lipinski definition) is 4. The Bertz CT molecular complexity index is 710. The maximum atomic E-state index is 13.3. The molecule has 32 heavy (non-hydrogen) atoms. The zero-order valence-corrected chi connectivity index (χ0v) is 16.1. The van der Waals surface area contributed by atoms with Crippen molar-refractivity contribution in [2.24, 2.45) is 5.73 Å². The normalized spacial score (nSPS) is 13.7. The fraction of sp³-hybridized carbons (Fsp3) is 0.625. The van der Waals surface area contributed by atoms with Gasteiger partial charge in [-0.05, 0) is 24.6 Å². The second kappa shape index (κ2) is 9.31. The number of benzene rings is 1. The molecule has 0 aromatic heterocycles. The molecule has 1 aromatic carbocycles. The van der Waals surface area contributed by atoms with Crippen LogP contribution in [-0.4, -0.2) is 57.6 Å². The van der Waals surface area contributed by atoms with Gasteiger partial charge in [0.2, 0.25) is 12.1 Å². The molecule has 0 aliphatic carbocycles. The van der Waals surface area contributed by atoms with Gasteiger partial charge in [-0.15, -0.1) is 0 Å². The van der Waals surface area contributed by atoms with E-state index in [4.69, 9.17) is 10.5 Å². The number of nitrogens with two attached hydrogens (primary N) is 1. The first kappa shape index (κ1) is 27.8. The summed E-state index contributed by atoms with van der Waals surface area (Å²) in [6.07, 6.45) is -26.5. The van der Waals surface area contributed by atoms with E-state index in [-0.39, 0.29) is 24.6 Å². The van der Waals surface area contributed by atoms with Crippen molar-refractivity contribution < 1.29 is 62.2 Å². The average Bonchev–Trinajstić information content (AvgIpc) is 2.56. The van der Waals surface area contributed by atoms with Crippen LogP contribution in [0.4, 0.5) is 58.4 Å². The van der Waals surface area contributed by atoms with Crippen molar-refractivity contribution >= 4 is 5.69 Å². The van der Waals surface area contributed by atoms with Crippen molar-refractivity contribution in [2.45, 2.75) is 43.2 Å². The fourth-order valence-electron chi connectivity index (χ4n) is 2.93. The lowest BCUT2D eigenvalue weighted by Crippen LogP contribution is -2.66. The second-order valence-corrected chi connectivity index (χ2v) is 6.25. The Labute approximate surface area is 172 Å². The maximum Gasteiger partial charge on any atom is 0.417 e. The topological polar surface area (TPSA) is 47.7 Å². The molecule has 0 saturated carbocycles. The number of ether oxygens (including phenoxy) is 2. The Morgan fingerprint density at radius 2 is 1.09 bits per heavy atom. The van der Waals surface area contributed by atoms with E-state index >= 15 is 0 Å². The summed E-state index contributed by atoms with van der Waals surface area (Å²) >= 11 is 0.